The zero-order valence-electron chi connectivity index (χ0n) is 16.0. The Balaban J connectivity index is 2.50. The first-order valence-corrected chi connectivity index (χ1v) is 9.69. The number of aliphatic hydroxyl groups is 2. The van der Waals surface area contributed by atoms with Crippen molar-refractivity contribution in [1.29, 1.82) is 0 Å². The van der Waals surface area contributed by atoms with Crippen LogP contribution in [0.5, 0.6) is 0 Å². The van der Waals surface area contributed by atoms with Crippen LogP contribution in [-0.4, -0.2) is 39.3 Å². The Kier molecular flexibility index (Phi) is 11.3. The highest BCUT2D eigenvalue weighted by molar-refractivity contribution is 5.84. The summed E-state index contributed by atoms with van der Waals surface area (Å²) >= 11 is 0. The van der Waals surface area contributed by atoms with Gasteiger partial charge in [0, 0.05) is 24.7 Å². The van der Waals surface area contributed by atoms with Crippen molar-refractivity contribution in [2.45, 2.75) is 64.1 Å². The van der Waals surface area contributed by atoms with Gasteiger partial charge in [-0.05, 0) is 32.1 Å². The number of aliphatic carboxylic acids is 1. The molecule has 0 unspecified atom stereocenters. The van der Waals surface area contributed by atoms with Crippen LogP contribution in [0.25, 0.3) is 0 Å². The van der Waals surface area contributed by atoms with Gasteiger partial charge < -0.3 is 15.3 Å². The Bertz CT molecular complexity index is 573. The lowest BCUT2D eigenvalue weighted by Gasteiger charge is -2.16. The van der Waals surface area contributed by atoms with Crippen molar-refractivity contribution >= 4 is 11.8 Å². The molecule has 0 heterocycles. The van der Waals surface area contributed by atoms with E-state index in [9.17, 15) is 19.8 Å². The lowest BCUT2D eigenvalue weighted by Crippen LogP contribution is -2.18. The summed E-state index contributed by atoms with van der Waals surface area (Å²) in [7, 11) is 0. The Morgan fingerprint density at radius 1 is 1.19 bits per heavy atom. The summed E-state index contributed by atoms with van der Waals surface area (Å²) in [4.78, 5) is 22.6. The summed E-state index contributed by atoms with van der Waals surface area (Å²) in [6.45, 7) is 2.08. The molecule has 5 nitrogen and oxygen atoms in total. The highest BCUT2D eigenvalue weighted by Crippen LogP contribution is 2.33. The molecule has 1 rings (SSSR count). The molecule has 0 aromatic carbocycles. The average Bonchev–Trinajstić information content (AvgIpc) is 2.88. The van der Waals surface area contributed by atoms with E-state index in [1.165, 1.54) is 0 Å². The van der Waals surface area contributed by atoms with Crippen molar-refractivity contribution in [3.63, 3.8) is 0 Å². The fourth-order valence-electron chi connectivity index (χ4n) is 3.10. The number of ketones is 1. The summed E-state index contributed by atoms with van der Waals surface area (Å²) < 4.78 is 0. The van der Waals surface area contributed by atoms with Crippen LogP contribution in [0.1, 0.15) is 51.9 Å². The average molecular weight is 376 g/mol. The molecule has 0 aromatic heterocycles. The summed E-state index contributed by atoms with van der Waals surface area (Å²) in [5, 5.41) is 28.7. The minimum atomic E-state index is -0.846. The molecule has 0 aliphatic heterocycles. The first kappa shape index (κ1) is 23.1. The van der Waals surface area contributed by atoms with Crippen LogP contribution in [0.2, 0.25) is 0 Å². The number of hydrogen-bond donors (Lipinski definition) is 3. The van der Waals surface area contributed by atoms with E-state index in [2.05, 4.69) is 19.1 Å². The van der Waals surface area contributed by atoms with Gasteiger partial charge in [0.05, 0.1) is 12.2 Å². The standard InChI is InChI=1S/C22H32O5/c1-2-3-4-5-6-9-12-18-19(21(25)16-20(18)24)15-14-17(23)11-8-7-10-13-22(26)27/h3-4,6-9,14-15,17-19,21,23,25H,2,5,10-13,16H2,1H3,(H,26,27)/b4-3-,8-7-,9-6-,15-14+/t17-,18+,19-,21-/m0/s1. The Hall–Kier alpha value is -1.98. The van der Waals surface area contributed by atoms with Crippen LogP contribution in [0, 0.1) is 11.8 Å². The Labute approximate surface area is 161 Å². The maximum absolute atomic E-state index is 12.1. The number of hydrogen-bond acceptors (Lipinski definition) is 4. The second kappa shape index (κ2) is 13.2. The number of allylic oxidation sites excluding steroid dienone is 5. The van der Waals surface area contributed by atoms with E-state index in [4.69, 9.17) is 5.11 Å². The van der Waals surface area contributed by atoms with E-state index >= 15 is 0 Å². The first-order chi connectivity index (χ1) is 13.0. The topological polar surface area (TPSA) is 94.8 Å². The fraction of sp³-hybridized carbons (Fsp3) is 0.545. The minimum Gasteiger partial charge on any atom is -0.481 e. The van der Waals surface area contributed by atoms with Crippen molar-refractivity contribution < 1.29 is 24.9 Å². The summed E-state index contributed by atoms with van der Waals surface area (Å²) in [5.74, 6) is -1.31. The Morgan fingerprint density at radius 2 is 1.93 bits per heavy atom. The normalized spacial score (nSPS) is 24.9. The van der Waals surface area contributed by atoms with Crippen molar-refractivity contribution in [1.82, 2.24) is 0 Å². The maximum Gasteiger partial charge on any atom is 0.303 e. The van der Waals surface area contributed by atoms with E-state index in [-0.39, 0.29) is 30.5 Å². The number of aliphatic hydroxyl groups excluding tert-OH is 2. The van der Waals surface area contributed by atoms with E-state index in [0.717, 1.165) is 12.8 Å². The third-order valence-electron chi connectivity index (χ3n) is 4.59. The smallest absolute Gasteiger partial charge is 0.303 e. The van der Waals surface area contributed by atoms with Gasteiger partial charge >= 0.3 is 5.97 Å². The molecule has 0 spiro atoms. The van der Waals surface area contributed by atoms with Crippen LogP contribution < -0.4 is 0 Å². The minimum absolute atomic E-state index is 0.0638. The van der Waals surface area contributed by atoms with E-state index in [0.29, 0.717) is 19.3 Å². The van der Waals surface area contributed by atoms with Gasteiger partial charge in [0.15, 0.2) is 0 Å². The molecule has 1 fully saturated rings. The van der Waals surface area contributed by atoms with Crippen LogP contribution in [0.15, 0.2) is 48.6 Å². The van der Waals surface area contributed by atoms with Gasteiger partial charge in [-0.15, -0.1) is 0 Å². The lowest BCUT2D eigenvalue weighted by atomic mass is 9.90. The second-order valence-electron chi connectivity index (χ2n) is 6.84. The van der Waals surface area contributed by atoms with Crippen LogP contribution in [0.4, 0.5) is 0 Å². The molecular formula is C22H32O5. The number of carbonyl (C=O) groups is 2. The number of carboxylic acids is 1. The third kappa shape index (κ3) is 9.50. The van der Waals surface area contributed by atoms with Gasteiger partial charge in [0.25, 0.3) is 0 Å². The molecular weight excluding hydrogens is 344 g/mol. The summed E-state index contributed by atoms with van der Waals surface area (Å²) in [6, 6.07) is 0. The highest BCUT2D eigenvalue weighted by Gasteiger charge is 2.39. The lowest BCUT2D eigenvalue weighted by molar-refractivity contribution is -0.136. The molecule has 150 valence electrons. The first-order valence-electron chi connectivity index (χ1n) is 9.69. The van der Waals surface area contributed by atoms with Crippen molar-refractivity contribution in [3.8, 4) is 0 Å². The van der Waals surface area contributed by atoms with Crippen LogP contribution in [0.3, 0.4) is 0 Å². The second-order valence-corrected chi connectivity index (χ2v) is 6.84. The van der Waals surface area contributed by atoms with Crippen LogP contribution in [-0.2, 0) is 9.59 Å². The molecule has 3 N–H and O–H groups in total. The monoisotopic (exact) mass is 376 g/mol. The predicted octanol–water partition coefficient (Wildman–Crippen LogP) is 3.58. The van der Waals surface area contributed by atoms with Crippen molar-refractivity contribution in [3.05, 3.63) is 48.6 Å². The number of rotatable bonds is 12. The maximum atomic E-state index is 12.1. The number of carboxylic acid groups (broad SMARTS) is 1. The molecule has 0 aromatic rings. The SMILES string of the molecule is CC/C=C\C/C=C\C[C@H]1C(=O)C[C@H](O)[C@H]1/C=C/[C@@H](O)C/C=C\CCC(=O)O. The molecule has 0 saturated heterocycles. The fourth-order valence-corrected chi connectivity index (χ4v) is 3.10. The molecule has 27 heavy (non-hydrogen) atoms. The van der Waals surface area contributed by atoms with E-state index in [1.54, 1.807) is 24.3 Å². The number of Topliss-reactive ketones (excluding diaryl/α,β-unsaturated/α-hetero) is 1. The van der Waals surface area contributed by atoms with Crippen molar-refractivity contribution in [2.24, 2.45) is 11.8 Å². The zero-order valence-corrected chi connectivity index (χ0v) is 16.0. The Morgan fingerprint density at radius 3 is 2.63 bits per heavy atom. The predicted molar refractivity (Wildman–Crippen MR) is 106 cm³/mol. The van der Waals surface area contributed by atoms with E-state index in [1.807, 2.05) is 12.2 Å². The molecule has 0 amide bonds. The molecule has 0 bridgehead atoms. The molecule has 0 radical (unpaired) electrons. The highest BCUT2D eigenvalue weighted by atomic mass is 16.4. The molecule has 5 heteroatoms. The largest absolute Gasteiger partial charge is 0.481 e. The van der Waals surface area contributed by atoms with Gasteiger partial charge in [0.1, 0.15) is 5.78 Å². The molecule has 1 aliphatic carbocycles. The molecule has 1 aliphatic rings. The molecule has 4 atom stereocenters. The summed E-state index contributed by atoms with van der Waals surface area (Å²) in [5.41, 5.74) is 0. The molecule has 1 saturated carbocycles. The zero-order chi connectivity index (χ0) is 20.1. The van der Waals surface area contributed by atoms with Gasteiger partial charge in [-0.3, -0.25) is 9.59 Å². The van der Waals surface area contributed by atoms with Crippen LogP contribution >= 0.6 is 0 Å². The van der Waals surface area contributed by atoms with Gasteiger partial charge in [-0.1, -0.05) is 55.5 Å². The van der Waals surface area contributed by atoms with E-state index < -0.39 is 18.2 Å². The number of carbonyl (C=O) groups excluding carboxylic acids is 1. The summed E-state index contributed by atoms with van der Waals surface area (Å²) in [6.07, 6.45) is 17.1. The van der Waals surface area contributed by atoms with Crippen molar-refractivity contribution in [2.75, 3.05) is 0 Å². The third-order valence-corrected chi connectivity index (χ3v) is 4.59. The quantitative estimate of drug-likeness (QED) is 0.453. The van der Waals surface area contributed by atoms with Gasteiger partial charge in [0.2, 0.25) is 0 Å². The van der Waals surface area contributed by atoms with Gasteiger partial charge in [-0.2, -0.15) is 0 Å². The van der Waals surface area contributed by atoms with Gasteiger partial charge in [-0.25, -0.2) is 0 Å².